The van der Waals surface area contributed by atoms with E-state index in [1.165, 1.54) is 7.28 Å². The molecular formula is C4H5BNO2. The van der Waals surface area contributed by atoms with Gasteiger partial charge in [0.25, 0.3) is 0 Å². The van der Waals surface area contributed by atoms with E-state index in [1.54, 1.807) is 12.7 Å². The summed E-state index contributed by atoms with van der Waals surface area (Å²) in [5.41, 5.74) is -0.106. The van der Waals surface area contributed by atoms with Crippen molar-refractivity contribution in [3.63, 3.8) is 0 Å². The SMILES string of the molecule is C[B]C(=C=N)C(=O)O. The highest BCUT2D eigenvalue weighted by atomic mass is 16.4. The van der Waals surface area contributed by atoms with Crippen LogP contribution in [0.2, 0.25) is 6.82 Å². The number of hydrogen-bond donors (Lipinski definition) is 2. The number of aliphatic carboxylic acids is 1. The Bertz CT molecular complexity index is 148. The van der Waals surface area contributed by atoms with Gasteiger partial charge in [-0.15, -0.1) is 0 Å². The fourth-order valence-corrected chi connectivity index (χ4v) is 0.249. The lowest BCUT2D eigenvalue weighted by molar-refractivity contribution is -0.131. The van der Waals surface area contributed by atoms with E-state index >= 15 is 0 Å². The molecule has 41 valence electrons. The van der Waals surface area contributed by atoms with Crippen molar-refractivity contribution in [2.45, 2.75) is 6.82 Å². The summed E-state index contributed by atoms with van der Waals surface area (Å²) in [7, 11) is 1.31. The third kappa shape index (κ3) is 1.62. The number of nitrogens with one attached hydrogen (secondary N) is 1. The van der Waals surface area contributed by atoms with Crippen LogP contribution >= 0.6 is 0 Å². The molecule has 0 aromatic carbocycles. The maximum Gasteiger partial charge on any atom is 0.330 e. The molecule has 4 heteroatoms. The van der Waals surface area contributed by atoms with Crippen molar-refractivity contribution in [1.82, 2.24) is 0 Å². The highest BCUT2D eigenvalue weighted by Gasteiger charge is 2.01. The minimum absolute atomic E-state index is 0.106. The average Bonchev–Trinajstić information content (AvgIpc) is 1.69. The number of carboxylic acid groups (broad SMARTS) is 1. The zero-order chi connectivity index (χ0) is 6.57. The summed E-state index contributed by atoms with van der Waals surface area (Å²) in [5.74, 6) is 0.654. The van der Waals surface area contributed by atoms with E-state index in [1.807, 2.05) is 0 Å². The normalized spacial score (nSPS) is 7.12. The summed E-state index contributed by atoms with van der Waals surface area (Å²) in [6.07, 6.45) is 0. The monoisotopic (exact) mass is 110 g/mol. The maximum absolute atomic E-state index is 9.91. The van der Waals surface area contributed by atoms with Crippen LogP contribution in [0.4, 0.5) is 0 Å². The summed E-state index contributed by atoms with van der Waals surface area (Å²) in [6, 6.07) is 0. The van der Waals surface area contributed by atoms with E-state index in [2.05, 4.69) is 0 Å². The van der Waals surface area contributed by atoms with E-state index < -0.39 is 5.97 Å². The molecular weight excluding hydrogens is 105 g/mol. The molecule has 0 aliphatic carbocycles. The predicted octanol–water partition coefficient (Wildman–Crippen LogP) is -0.0443. The summed E-state index contributed by atoms with van der Waals surface area (Å²) in [4.78, 5) is 9.91. The quantitative estimate of drug-likeness (QED) is 0.297. The third-order valence-electron chi connectivity index (χ3n) is 0.654. The van der Waals surface area contributed by atoms with Gasteiger partial charge < -0.3 is 5.11 Å². The van der Waals surface area contributed by atoms with E-state index in [0.717, 1.165) is 0 Å². The van der Waals surface area contributed by atoms with Crippen LogP contribution in [0.5, 0.6) is 0 Å². The third-order valence-corrected chi connectivity index (χ3v) is 0.654. The van der Waals surface area contributed by atoms with E-state index in [4.69, 9.17) is 10.5 Å². The molecule has 0 spiro atoms. The van der Waals surface area contributed by atoms with Gasteiger partial charge in [0.1, 0.15) is 0 Å². The van der Waals surface area contributed by atoms with Crippen LogP contribution in [-0.2, 0) is 4.79 Å². The lowest BCUT2D eigenvalue weighted by Crippen LogP contribution is -2.05. The molecule has 0 bridgehead atoms. The van der Waals surface area contributed by atoms with Crippen molar-refractivity contribution < 1.29 is 9.90 Å². The van der Waals surface area contributed by atoms with Crippen LogP contribution in [0.3, 0.4) is 0 Å². The van der Waals surface area contributed by atoms with Crippen molar-refractivity contribution >= 4 is 19.1 Å². The molecule has 0 fully saturated rings. The van der Waals surface area contributed by atoms with Gasteiger partial charge in [0.2, 0.25) is 0 Å². The second kappa shape index (κ2) is 3.05. The first kappa shape index (κ1) is 6.98. The largest absolute Gasteiger partial charge is 0.478 e. The summed E-state index contributed by atoms with van der Waals surface area (Å²) in [5, 5.41) is 14.5. The molecule has 1 radical (unpaired) electrons. The number of rotatable bonds is 2. The molecule has 0 aliphatic heterocycles. The van der Waals surface area contributed by atoms with Crippen LogP contribution in [0.25, 0.3) is 0 Å². The molecule has 0 atom stereocenters. The van der Waals surface area contributed by atoms with Gasteiger partial charge in [-0.25, -0.2) is 4.79 Å². The van der Waals surface area contributed by atoms with Gasteiger partial charge in [0, 0.05) is 0 Å². The minimum atomic E-state index is -1.11. The van der Waals surface area contributed by atoms with Gasteiger partial charge in [-0.3, -0.25) is 5.41 Å². The molecule has 0 aromatic heterocycles. The Morgan fingerprint density at radius 2 is 2.38 bits per heavy atom. The zero-order valence-electron chi connectivity index (χ0n) is 4.43. The lowest BCUT2D eigenvalue weighted by Gasteiger charge is -1.85. The van der Waals surface area contributed by atoms with Gasteiger partial charge in [-0.1, -0.05) is 6.82 Å². The molecule has 0 heterocycles. The van der Waals surface area contributed by atoms with E-state index in [0.29, 0.717) is 0 Å². The fraction of sp³-hybridized carbons (Fsp3) is 0.250. The maximum atomic E-state index is 9.91. The van der Waals surface area contributed by atoms with Gasteiger partial charge >= 0.3 is 5.97 Å². The van der Waals surface area contributed by atoms with E-state index in [9.17, 15) is 4.79 Å². The Labute approximate surface area is 47.8 Å². The molecule has 3 nitrogen and oxygen atoms in total. The summed E-state index contributed by atoms with van der Waals surface area (Å²) >= 11 is 0. The van der Waals surface area contributed by atoms with E-state index in [-0.39, 0.29) is 5.47 Å². The summed E-state index contributed by atoms with van der Waals surface area (Å²) < 4.78 is 0. The molecule has 0 rings (SSSR count). The first-order valence-electron chi connectivity index (χ1n) is 2.04. The predicted molar refractivity (Wildman–Crippen MR) is 30.5 cm³/mol. The molecule has 0 saturated heterocycles. The van der Waals surface area contributed by atoms with Crippen LogP contribution in [0.1, 0.15) is 0 Å². The van der Waals surface area contributed by atoms with Gasteiger partial charge in [0.15, 0.2) is 7.28 Å². The topological polar surface area (TPSA) is 61.2 Å². The number of hydrogen-bond acceptors (Lipinski definition) is 2. The molecule has 8 heavy (non-hydrogen) atoms. The molecule has 0 aliphatic rings. The molecule has 0 aromatic rings. The molecule has 0 amide bonds. The van der Waals surface area contributed by atoms with Crippen molar-refractivity contribution in [2.75, 3.05) is 0 Å². The van der Waals surface area contributed by atoms with Crippen molar-refractivity contribution in [2.24, 2.45) is 0 Å². The van der Waals surface area contributed by atoms with Crippen molar-refractivity contribution in [3.05, 3.63) is 5.47 Å². The fourth-order valence-electron chi connectivity index (χ4n) is 0.249. The lowest BCUT2D eigenvalue weighted by atomic mass is 9.73. The highest BCUT2D eigenvalue weighted by Crippen LogP contribution is 1.81. The Kier molecular flexibility index (Phi) is 2.66. The Balaban J connectivity index is 4.14. The Hall–Kier alpha value is -1.02. The minimum Gasteiger partial charge on any atom is -0.478 e. The Morgan fingerprint density at radius 3 is 2.38 bits per heavy atom. The van der Waals surface area contributed by atoms with Gasteiger partial charge in [-0.2, -0.15) is 0 Å². The first-order valence-corrected chi connectivity index (χ1v) is 2.04. The van der Waals surface area contributed by atoms with Crippen molar-refractivity contribution in [1.29, 1.82) is 5.41 Å². The zero-order valence-corrected chi connectivity index (χ0v) is 4.43. The highest BCUT2D eigenvalue weighted by molar-refractivity contribution is 6.54. The van der Waals surface area contributed by atoms with Gasteiger partial charge in [0.05, 0.1) is 5.47 Å². The van der Waals surface area contributed by atoms with Crippen LogP contribution in [0, 0.1) is 5.41 Å². The molecule has 0 unspecified atom stereocenters. The molecule has 0 saturated carbocycles. The Morgan fingerprint density at radius 1 is 1.88 bits per heavy atom. The number of carboxylic acids is 1. The summed E-state index contributed by atoms with van der Waals surface area (Å²) in [6.45, 7) is 1.55. The van der Waals surface area contributed by atoms with Crippen molar-refractivity contribution in [3.8, 4) is 0 Å². The standard InChI is InChI=1S/C4H5BNO2/c1-5-3(2-6)4(7)8/h6H,1H3,(H,7,8). The van der Waals surface area contributed by atoms with Crippen LogP contribution in [0.15, 0.2) is 5.47 Å². The van der Waals surface area contributed by atoms with Crippen LogP contribution in [-0.4, -0.2) is 24.2 Å². The molecule has 2 N–H and O–H groups in total. The second-order valence-electron chi connectivity index (χ2n) is 1.13. The smallest absolute Gasteiger partial charge is 0.330 e. The second-order valence-corrected chi connectivity index (χ2v) is 1.13. The average molecular weight is 110 g/mol. The number of carbonyl (C=O) groups is 1. The van der Waals surface area contributed by atoms with Gasteiger partial charge in [-0.05, 0) is 5.87 Å². The van der Waals surface area contributed by atoms with Crippen LogP contribution < -0.4 is 0 Å². The first-order chi connectivity index (χ1) is 3.72.